The molecule has 0 amide bonds. The predicted octanol–water partition coefficient (Wildman–Crippen LogP) is 1.10. The highest BCUT2D eigenvalue weighted by Crippen LogP contribution is 2.23. The van der Waals surface area contributed by atoms with Crippen LogP contribution in [0.1, 0.15) is 5.56 Å². The maximum atomic E-state index is 12.9. The molecule has 1 aromatic rings. The van der Waals surface area contributed by atoms with E-state index in [-0.39, 0.29) is 0 Å². The molecular formula is C7H4F5NO3S. The molecule has 0 heterocycles. The minimum absolute atomic E-state index is 1.40. The van der Waals surface area contributed by atoms with E-state index in [1.54, 1.807) is 0 Å². The first-order chi connectivity index (χ1) is 7.65. The van der Waals surface area contributed by atoms with Crippen molar-refractivity contribution in [2.75, 3.05) is 0 Å². The fourth-order valence-corrected chi connectivity index (χ4v) is 1.20. The molecule has 2 N–H and O–H groups in total. The summed E-state index contributed by atoms with van der Waals surface area (Å²) in [5, 5.41) is 4.33. The van der Waals surface area contributed by atoms with Gasteiger partial charge in [-0.15, -0.1) is 0 Å². The van der Waals surface area contributed by atoms with Crippen LogP contribution in [0.4, 0.5) is 22.0 Å². The lowest BCUT2D eigenvalue weighted by atomic mass is 10.2. The smallest absolute Gasteiger partial charge is 0.253 e. The van der Waals surface area contributed by atoms with Crippen LogP contribution in [0.5, 0.6) is 0 Å². The average molecular weight is 277 g/mol. The molecule has 0 saturated carbocycles. The summed E-state index contributed by atoms with van der Waals surface area (Å²) in [5.41, 5.74) is -1.42. The molecule has 0 fully saturated rings. The lowest BCUT2D eigenvalue weighted by Gasteiger charge is -2.07. The highest BCUT2D eigenvalue weighted by Gasteiger charge is 2.26. The van der Waals surface area contributed by atoms with Crippen molar-refractivity contribution in [1.82, 2.24) is 0 Å². The van der Waals surface area contributed by atoms with Crippen molar-refractivity contribution in [3.63, 3.8) is 0 Å². The molecule has 1 aromatic carbocycles. The van der Waals surface area contributed by atoms with Gasteiger partial charge in [-0.3, -0.25) is 4.18 Å². The topological polar surface area (TPSA) is 69.4 Å². The summed E-state index contributed by atoms with van der Waals surface area (Å²) in [6.45, 7) is -1.40. The van der Waals surface area contributed by atoms with Crippen molar-refractivity contribution in [2.24, 2.45) is 5.14 Å². The van der Waals surface area contributed by atoms with Crippen LogP contribution in [0.25, 0.3) is 0 Å². The fraction of sp³-hybridized carbons (Fsp3) is 0.143. The predicted molar refractivity (Wildman–Crippen MR) is 44.1 cm³/mol. The second-order valence-corrected chi connectivity index (χ2v) is 4.02. The van der Waals surface area contributed by atoms with Gasteiger partial charge < -0.3 is 0 Å². The molecule has 0 radical (unpaired) electrons. The zero-order valence-corrected chi connectivity index (χ0v) is 8.62. The monoisotopic (exact) mass is 277 g/mol. The zero-order valence-electron chi connectivity index (χ0n) is 7.81. The van der Waals surface area contributed by atoms with E-state index in [9.17, 15) is 30.4 Å². The maximum Gasteiger partial charge on any atom is 0.333 e. The van der Waals surface area contributed by atoms with Gasteiger partial charge in [-0.2, -0.15) is 8.42 Å². The van der Waals surface area contributed by atoms with Crippen molar-refractivity contribution in [2.45, 2.75) is 6.61 Å². The molecule has 4 nitrogen and oxygen atoms in total. The van der Waals surface area contributed by atoms with Crippen LogP contribution in [0.2, 0.25) is 0 Å². The van der Waals surface area contributed by atoms with Crippen molar-refractivity contribution in [3.8, 4) is 0 Å². The van der Waals surface area contributed by atoms with Gasteiger partial charge in [-0.05, 0) is 0 Å². The second-order valence-electron chi connectivity index (χ2n) is 2.80. The third kappa shape index (κ3) is 2.90. The molecule has 0 unspecified atom stereocenters. The summed E-state index contributed by atoms with van der Waals surface area (Å²) in [5.74, 6) is -11.1. The van der Waals surface area contributed by atoms with Gasteiger partial charge in [0.15, 0.2) is 23.3 Å². The molecule has 10 heteroatoms. The minimum atomic E-state index is -4.56. The van der Waals surface area contributed by atoms with E-state index in [1.807, 2.05) is 0 Å². The van der Waals surface area contributed by atoms with E-state index in [4.69, 9.17) is 0 Å². The van der Waals surface area contributed by atoms with Crippen molar-refractivity contribution < 1.29 is 34.6 Å². The highest BCUT2D eigenvalue weighted by molar-refractivity contribution is 7.84. The van der Waals surface area contributed by atoms with Crippen LogP contribution in [-0.4, -0.2) is 8.42 Å². The average Bonchev–Trinajstić information content (AvgIpc) is 2.22. The highest BCUT2D eigenvalue weighted by atomic mass is 32.2. The van der Waals surface area contributed by atoms with E-state index < -0.39 is 51.6 Å². The van der Waals surface area contributed by atoms with Crippen LogP contribution >= 0.6 is 0 Å². The van der Waals surface area contributed by atoms with Crippen molar-refractivity contribution in [3.05, 3.63) is 34.6 Å². The first-order valence-electron chi connectivity index (χ1n) is 3.82. The summed E-state index contributed by atoms with van der Waals surface area (Å²) in [6, 6.07) is 0. The molecule has 0 aliphatic carbocycles. The summed E-state index contributed by atoms with van der Waals surface area (Å²) in [7, 11) is -4.56. The SMILES string of the molecule is NS(=O)(=O)OCc1c(F)c(F)c(F)c(F)c1F. The van der Waals surface area contributed by atoms with Gasteiger partial charge in [-0.1, -0.05) is 0 Å². The molecule has 0 atom stereocenters. The number of rotatable bonds is 3. The van der Waals surface area contributed by atoms with E-state index in [2.05, 4.69) is 9.32 Å². The molecule has 17 heavy (non-hydrogen) atoms. The molecule has 1 rings (SSSR count). The van der Waals surface area contributed by atoms with Gasteiger partial charge in [0.2, 0.25) is 5.82 Å². The Morgan fingerprint density at radius 3 is 1.59 bits per heavy atom. The van der Waals surface area contributed by atoms with E-state index >= 15 is 0 Å². The van der Waals surface area contributed by atoms with Gasteiger partial charge in [0.25, 0.3) is 0 Å². The molecule has 96 valence electrons. The minimum Gasteiger partial charge on any atom is -0.253 e. The summed E-state index contributed by atoms with van der Waals surface area (Å²) >= 11 is 0. The van der Waals surface area contributed by atoms with Gasteiger partial charge >= 0.3 is 10.3 Å². The Bertz CT molecular complexity index is 530. The Morgan fingerprint density at radius 2 is 1.24 bits per heavy atom. The van der Waals surface area contributed by atoms with E-state index in [0.717, 1.165) is 0 Å². The normalized spacial score (nSPS) is 11.9. The Morgan fingerprint density at radius 1 is 0.882 bits per heavy atom. The lowest BCUT2D eigenvalue weighted by Crippen LogP contribution is -2.17. The fourth-order valence-electron chi connectivity index (χ4n) is 0.918. The number of halogens is 5. The Balaban J connectivity index is 3.25. The Labute approximate surface area is 92.0 Å². The molecule has 0 aromatic heterocycles. The van der Waals surface area contributed by atoms with Crippen molar-refractivity contribution >= 4 is 10.3 Å². The Kier molecular flexibility index (Phi) is 3.69. The zero-order chi connectivity index (χ0) is 13.4. The number of nitrogens with two attached hydrogens (primary N) is 1. The van der Waals surface area contributed by atoms with Crippen LogP contribution < -0.4 is 5.14 Å². The quantitative estimate of drug-likeness (QED) is 0.511. The van der Waals surface area contributed by atoms with Gasteiger partial charge in [0, 0.05) is 0 Å². The van der Waals surface area contributed by atoms with Crippen molar-refractivity contribution in [1.29, 1.82) is 0 Å². The second kappa shape index (κ2) is 4.55. The summed E-state index contributed by atoms with van der Waals surface area (Å²) in [4.78, 5) is 0. The molecular weight excluding hydrogens is 273 g/mol. The number of hydrogen-bond acceptors (Lipinski definition) is 3. The maximum absolute atomic E-state index is 12.9. The molecule has 0 saturated heterocycles. The standard InChI is InChI=1S/C7H4F5NO3S/c8-3-2(1-16-17(13,14)15)4(9)6(11)7(12)5(3)10/h1H2,(H2,13,14,15). The van der Waals surface area contributed by atoms with Crippen LogP contribution in [0.15, 0.2) is 0 Å². The van der Waals surface area contributed by atoms with E-state index in [1.165, 1.54) is 0 Å². The summed E-state index contributed by atoms with van der Waals surface area (Å²) in [6.07, 6.45) is 0. The van der Waals surface area contributed by atoms with Crippen LogP contribution in [0, 0.1) is 29.1 Å². The van der Waals surface area contributed by atoms with Crippen LogP contribution in [-0.2, 0) is 21.1 Å². The number of benzene rings is 1. The number of hydrogen-bond donors (Lipinski definition) is 1. The van der Waals surface area contributed by atoms with E-state index in [0.29, 0.717) is 0 Å². The largest absolute Gasteiger partial charge is 0.333 e. The molecule has 0 aliphatic rings. The van der Waals surface area contributed by atoms with Crippen LogP contribution in [0.3, 0.4) is 0 Å². The molecule has 0 spiro atoms. The Hall–Kier alpha value is -1.26. The molecule has 0 aliphatic heterocycles. The lowest BCUT2D eigenvalue weighted by molar-refractivity contribution is 0.283. The van der Waals surface area contributed by atoms with Gasteiger partial charge in [0.05, 0.1) is 12.2 Å². The first-order valence-corrected chi connectivity index (χ1v) is 5.29. The first kappa shape index (κ1) is 13.8. The van der Waals surface area contributed by atoms with Gasteiger partial charge in [0.1, 0.15) is 0 Å². The summed E-state index contributed by atoms with van der Waals surface area (Å²) < 4.78 is 88.1. The third-order valence-electron chi connectivity index (χ3n) is 1.67. The molecule has 0 bridgehead atoms. The third-order valence-corrected chi connectivity index (χ3v) is 2.11. The van der Waals surface area contributed by atoms with Gasteiger partial charge in [-0.25, -0.2) is 27.1 Å².